The van der Waals surface area contributed by atoms with E-state index in [4.69, 9.17) is 0 Å². The number of carbonyl (C=O) groups excluding carboxylic acids is 1. The van der Waals surface area contributed by atoms with Crippen LogP contribution in [0.2, 0.25) is 0 Å². The molecule has 0 radical (unpaired) electrons. The number of carbonyl (C=O) groups is 1. The van der Waals surface area contributed by atoms with E-state index in [-0.39, 0.29) is 11.9 Å². The molecule has 6 heteroatoms. The quantitative estimate of drug-likeness (QED) is 0.570. The topological polar surface area (TPSA) is 60.0 Å². The van der Waals surface area contributed by atoms with Crippen molar-refractivity contribution in [2.45, 2.75) is 51.6 Å². The fourth-order valence-electron chi connectivity index (χ4n) is 4.38. The number of guanidine groups is 1. The molecule has 2 atom stereocenters. The zero-order valence-electron chi connectivity index (χ0n) is 18.2. The van der Waals surface area contributed by atoms with Crippen molar-refractivity contribution in [3.05, 3.63) is 35.9 Å². The van der Waals surface area contributed by atoms with Gasteiger partial charge in [0.1, 0.15) is 0 Å². The van der Waals surface area contributed by atoms with Crippen LogP contribution in [0.3, 0.4) is 0 Å². The summed E-state index contributed by atoms with van der Waals surface area (Å²) in [7, 11) is 1.82. The Bertz CT molecular complexity index is 669. The summed E-state index contributed by atoms with van der Waals surface area (Å²) in [5, 5.41) is 7.07. The first-order valence-corrected chi connectivity index (χ1v) is 11.1. The van der Waals surface area contributed by atoms with E-state index in [1.807, 2.05) is 18.9 Å². The van der Waals surface area contributed by atoms with E-state index < -0.39 is 0 Å². The molecule has 0 aromatic heterocycles. The molecule has 1 aromatic rings. The summed E-state index contributed by atoms with van der Waals surface area (Å²) in [6.45, 7) is 8.99. The lowest BCUT2D eigenvalue weighted by molar-refractivity contribution is -0.129. The Balaban J connectivity index is 1.58. The molecule has 160 valence electrons. The highest BCUT2D eigenvalue weighted by molar-refractivity contribution is 5.80. The standard InChI is InChI=1S/C23H37N5O/c1-4-22(29)28-15-12-20(17-28)26-23(24-3)25-16-21(19-8-6-5-7-9-19)27-13-10-18(2)11-14-27/h5-9,18,20-21H,4,10-17H2,1-3H3,(H2,24,25,26). The number of nitrogens with one attached hydrogen (secondary N) is 2. The minimum Gasteiger partial charge on any atom is -0.354 e. The highest BCUT2D eigenvalue weighted by atomic mass is 16.2. The maximum absolute atomic E-state index is 11.9. The Morgan fingerprint density at radius 2 is 1.90 bits per heavy atom. The highest BCUT2D eigenvalue weighted by Gasteiger charge is 2.27. The third-order valence-corrected chi connectivity index (χ3v) is 6.31. The molecule has 1 amide bonds. The Kier molecular flexibility index (Phi) is 7.92. The van der Waals surface area contributed by atoms with Crippen LogP contribution in [0.4, 0.5) is 0 Å². The van der Waals surface area contributed by atoms with Crippen LogP contribution in [0.15, 0.2) is 35.3 Å². The second kappa shape index (κ2) is 10.6. The van der Waals surface area contributed by atoms with Crippen LogP contribution in [0, 0.1) is 5.92 Å². The summed E-state index contributed by atoms with van der Waals surface area (Å²) >= 11 is 0. The molecule has 29 heavy (non-hydrogen) atoms. The first-order valence-electron chi connectivity index (χ1n) is 11.1. The van der Waals surface area contributed by atoms with E-state index in [0.717, 1.165) is 51.0 Å². The molecule has 2 unspecified atom stereocenters. The normalized spacial score (nSPS) is 22.5. The van der Waals surface area contributed by atoms with Crippen LogP contribution < -0.4 is 10.6 Å². The van der Waals surface area contributed by atoms with E-state index in [9.17, 15) is 4.79 Å². The monoisotopic (exact) mass is 399 g/mol. The molecule has 2 fully saturated rings. The van der Waals surface area contributed by atoms with Crippen LogP contribution in [-0.2, 0) is 4.79 Å². The van der Waals surface area contributed by atoms with Gasteiger partial charge in [0, 0.05) is 39.1 Å². The third-order valence-electron chi connectivity index (χ3n) is 6.31. The van der Waals surface area contributed by atoms with Gasteiger partial charge < -0.3 is 15.5 Å². The molecule has 0 bridgehead atoms. The van der Waals surface area contributed by atoms with Gasteiger partial charge in [0.15, 0.2) is 5.96 Å². The van der Waals surface area contributed by atoms with Gasteiger partial charge in [-0.2, -0.15) is 0 Å². The summed E-state index contributed by atoms with van der Waals surface area (Å²) in [5.41, 5.74) is 1.35. The molecule has 1 aromatic carbocycles. The largest absolute Gasteiger partial charge is 0.354 e. The van der Waals surface area contributed by atoms with E-state index >= 15 is 0 Å². The summed E-state index contributed by atoms with van der Waals surface area (Å²) < 4.78 is 0. The van der Waals surface area contributed by atoms with Crippen molar-refractivity contribution < 1.29 is 4.79 Å². The molecule has 2 aliphatic heterocycles. The van der Waals surface area contributed by atoms with Gasteiger partial charge in [0.25, 0.3) is 0 Å². The molecule has 3 rings (SSSR count). The van der Waals surface area contributed by atoms with Crippen molar-refractivity contribution >= 4 is 11.9 Å². The van der Waals surface area contributed by atoms with Crippen molar-refractivity contribution in [3.8, 4) is 0 Å². The van der Waals surface area contributed by atoms with Gasteiger partial charge in [-0.05, 0) is 43.8 Å². The number of hydrogen-bond donors (Lipinski definition) is 2. The van der Waals surface area contributed by atoms with Gasteiger partial charge in [-0.15, -0.1) is 0 Å². The number of hydrogen-bond acceptors (Lipinski definition) is 3. The average Bonchev–Trinajstić information content (AvgIpc) is 3.23. The summed E-state index contributed by atoms with van der Waals surface area (Å²) in [4.78, 5) is 20.9. The minimum absolute atomic E-state index is 0.237. The van der Waals surface area contributed by atoms with E-state index in [1.54, 1.807) is 0 Å². The number of piperidine rings is 1. The van der Waals surface area contributed by atoms with Gasteiger partial charge in [-0.3, -0.25) is 14.7 Å². The molecule has 2 aliphatic rings. The number of aliphatic imine (C=N–C) groups is 1. The fraction of sp³-hybridized carbons (Fsp3) is 0.652. The lowest BCUT2D eigenvalue weighted by Crippen LogP contribution is -2.48. The fourth-order valence-corrected chi connectivity index (χ4v) is 4.38. The molecular weight excluding hydrogens is 362 g/mol. The summed E-state index contributed by atoms with van der Waals surface area (Å²) in [6.07, 6.45) is 4.07. The van der Waals surface area contributed by atoms with Crippen molar-refractivity contribution in [2.75, 3.05) is 39.8 Å². The summed E-state index contributed by atoms with van der Waals surface area (Å²) in [6, 6.07) is 11.4. The number of nitrogens with zero attached hydrogens (tertiary/aromatic N) is 3. The molecule has 0 spiro atoms. The van der Waals surface area contributed by atoms with Crippen LogP contribution in [0.25, 0.3) is 0 Å². The molecule has 2 saturated heterocycles. The van der Waals surface area contributed by atoms with Crippen molar-refractivity contribution in [1.82, 2.24) is 20.4 Å². The van der Waals surface area contributed by atoms with Gasteiger partial charge in [-0.1, -0.05) is 44.2 Å². The van der Waals surface area contributed by atoms with Crippen LogP contribution in [-0.4, -0.2) is 67.5 Å². The average molecular weight is 400 g/mol. The van der Waals surface area contributed by atoms with Gasteiger partial charge >= 0.3 is 0 Å². The van der Waals surface area contributed by atoms with Crippen molar-refractivity contribution in [3.63, 3.8) is 0 Å². The van der Waals surface area contributed by atoms with Crippen LogP contribution in [0.5, 0.6) is 0 Å². The SMILES string of the molecule is CCC(=O)N1CCC(NC(=NC)NCC(c2ccccc2)N2CCC(C)CC2)C1. The minimum atomic E-state index is 0.237. The second-order valence-corrected chi connectivity index (χ2v) is 8.42. The zero-order valence-corrected chi connectivity index (χ0v) is 18.2. The first-order chi connectivity index (χ1) is 14.1. The molecule has 6 nitrogen and oxygen atoms in total. The highest BCUT2D eigenvalue weighted by Crippen LogP contribution is 2.26. The zero-order chi connectivity index (χ0) is 20.6. The molecule has 0 saturated carbocycles. The number of amides is 1. The molecule has 2 heterocycles. The molecular formula is C23H37N5O. The Labute approximate surface area is 175 Å². The first kappa shape index (κ1) is 21.6. The van der Waals surface area contributed by atoms with E-state index in [0.29, 0.717) is 12.5 Å². The Hall–Kier alpha value is -2.08. The van der Waals surface area contributed by atoms with Gasteiger partial charge in [-0.25, -0.2) is 0 Å². The van der Waals surface area contributed by atoms with Crippen LogP contribution in [0.1, 0.15) is 51.1 Å². The Morgan fingerprint density at radius 3 is 2.55 bits per heavy atom. The number of benzene rings is 1. The van der Waals surface area contributed by atoms with E-state index in [1.165, 1.54) is 18.4 Å². The van der Waals surface area contributed by atoms with Gasteiger partial charge in [0.05, 0.1) is 6.04 Å². The molecule has 0 aliphatic carbocycles. The molecule has 2 N–H and O–H groups in total. The number of likely N-dealkylation sites (tertiary alicyclic amines) is 2. The second-order valence-electron chi connectivity index (χ2n) is 8.42. The van der Waals surface area contributed by atoms with Crippen molar-refractivity contribution in [2.24, 2.45) is 10.9 Å². The lowest BCUT2D eigenvalue weighted by Gasteiger charge is -2.37. The predicted octanol–water partition coefficient (Wildman–Crippen LogP) is 2.64. The number of rotatable bonds is 6. The Morgan fingerprint density at radius 1 is 1.17 bits per heavy atom. The van der Waals surface area contributed by atoms with Gasteiger partial charge in [0.2, 0.25) is 5.91 Å². The maximum atomic E-state index is 11.9. The smallest absolute Gasteiger partial charge is 0.222 e. The third kappa shape index (κ3) is 5.95. The van der Waals surface area contributed by atoms with Crippen molar-refractivity contribution in [1.29, 1.82) is 0 Å². The lowest BCUT2D eigenvalue weighted by atomic mass is 9.95. The van der Waals surface area contributed by atoms with E-state index in [2.05, 4.69) is 57.8 Å². The van der Waals surface area contributed by atoms with Crippen LogP contribution >= 0.6 is 0 Å². The summed E-state index contributed by atoms with van der Waals surface area (Å²) in [5.74, 6) is 1.88. The predicted molar refractivity (Wildman–Crippen MR) is 119 cm³/mol. The maximum Gasteiger partial charge on any atom is 0.222 e.